The molecule has 1 aromatic heterocycles. The van der Waals surface area contributed by atoms with Gasteiger partial charge >= 0.3 is 0 Å². The monoisotopic (exact) mass is 237 g/mol. The first-order valence-electron chi connectivity index (χ1n) is 6.03. The fraction of sp³-hybridized carbons (Fsp3) is 0.133. The SMILES string of the molecule is CC(c1ccccc1)n1cnc2cc(N)ccc21. The van der Waals surface area contributed by atoms with Crippen molar-refractivity contribution in [2.75, 3.05) is 5.73 Å². The van der Waals surface area contributed by atoms with E-state index in [0.29, 0.717) is 0 Å². The normalized spacial score (nSPS) is 12.7. The van der Waals surface area contributed by atoms with E-state index < -0.39 is 0 Å². The molecule has 0 amide bonds. The van der Waals surface area contributed by atoms with Crippen LogP contribution in [0, 0.1) is 0 Å². The smallest absolute Gasteiger partial charge is 0.0964 e. The molecular formula is C15H15N3. The summed E-state index contributed by atoms with van der Waals surface area (Å²) < 4.78 is 2.17. The van der Waals surface area contributed by atoms with Crippen LogP contribution in [-0.4, -0.2) is 9.55 Å². The number of nitrogens with two attached hydrogens (primary N) is 1. The number of benzene rings is 2. The molecule has 0 saturated heterocycles. The molecule has 3 heteroatoms. The molecule has 1 heterocycles. The van der Waals surface area contributed by atoms with Crippen molar-refractivity contribution in [2.24, 2.45) is 0 Å². The Morgan fingerprint density at radius 1 is 1.11 bits per heavy atom. The van der Waals surface area contributed by atoms with Crippen LogP contribution in [0.25, 0.3) is 11.0 Å². The second kappa shape index (κ2) is 4.18. The van der Waals surface area contributed by atoms with Crippen molar-refractivity contribution in [3.8, 4) is 0 Å². The molecule has 90 valence electrons. The van der Waals surface area contributed by atoms with Gasteiger partial charge in [0, 0.05) is 5.69 Å². The Bertz CT molecular complexity index is 671. The summed E-state index contributed by atoms with van der Waals surface area (Å²) in [5, 5.41) is 0. The highest BCUT2D eigenvalue weighted by atomic mass is 15.1. The van der Waals surface area contributed by atoms with E-state index in [2.05, 4.69) is 40.7 Å². The fourth-order valence-electron chi connectivity index (χ4n) is 2.25. The Labute approximate surface area is 106 Å². The van der Waals surface area contributed by atoms with Crippen molar-refractivity contribution in [2.45, 2.75) is 13.0 Å². The number of aromatic nitrogens is 2. The van der Waals surface area contributed by atoms with Gasteiger partial charge in [0.25, 0.3) is 0 Å². The molecule has 0 spiro atoms. The van der Waals surface area contributed by atoms with Gasteiger partial charge in [-0.25, -0.2) is 4.98 Å². The lowest BCUT2D eigenvalue weighted by Gasteiger charge is -2.14. The second-order valence-corrected chi connectivity index (χ2v) is 4.49. The predicted octanol–water partition coefficient (Wildman–Crippen LogP) is 3.23. The van der Waals surface area contributed by atoms with E-state index in [1.807, 2.05) is 30.6 Å². The summed E-state index contributed by atoms with van der Waals surface area (Å²) in [5.74, 6) is 0. The van der Waals surface area contributed by atoms with Crippen molar-refractivity contribution in [1.29, 1.82) is 0 Å². The summed E-state index contributed by atoms with van der Waals surface area (Å²) in [5.41, 5.74) is 9.85. The summed E-state index contributed by atoms with van der Waals surface area (Å²) in [6.07, 6.45) is 1.88. The first-order valence-corrected chi connectivity index (χ1v) is 6.03. The molecule has 0 radical (unpaired) electrons. The van der Waals surface area contributed by atoms with Crippen molar-refractivity contribution < 1.29 is 0 Å². The number of hydrogen-bond acceptors (Lipinski definition) is 2. The minimum Gasteiger partial charge on any atom is -0.399 e. The summed E-state index contributed by atoms with van der Waals surface area (Å²) >= 11 is 0. The molecule has 1 atom stereocenters. The topological polar surface area (TPSA) is 43.8 Å². The van der Waals surface area contributed by atoms with Gasteiger partial charge in [-0.15, -0.1) is 0 Å². The highest BCUT2D eigenvalue weighted by molar-refractivity contribution is 5.79. The Balaban J connectivity index is 2.10. The van der Waals surface area contributed by atoms with Crippen molar-refractivity contribution in [1.82, 2.24) is 9.55 Å². The van der Waals surface area contributed by atoms with E-state index in [4.69, 9.17) is 5.73 Å². The van der Waals surface area contributed by atoms with E-state index >= 15 is 0 Å². The molecule has 0 aliphatic rings. The number of nitrogens with zero attached hydrogens (tertiary/aromatic N) is 2. The molecule has 0 fully saturated rings. The number of anilines is 1. The van der Waals surface area contributed by atoms with Crippen LogP contribution >= 0.6 is 0 Å². The molecule has 1 unspecified atom stereocenters. The zero-order chi connectivity index (χ0) is 12.5. The maximum absolute atomic E-state index is 5.77. The molecule has 2 aromatic carbocycles. The van der Waals surface area contributed by atoms with E-state index in [0.717, 1.165) is 16.7 Å². The predicted molar refractivity (Wildman–Crippen MR) is 74.4 cm³/mol. The minimum atomic E-state index is 0.264. The van der Waals surface area contributed by atoms with Gasteiger partial charge < -0.3 is 10.3 Å². The van der Waals surface area contributed by atoms with Gasteiger partial charge in [-0.05, 0) is 30.7 Å². The first kappa shape index (κ1) is 10.8. The molecule has 0 aliphatic heterocycles. The second-order valence-electron chi connectivity index (χ2n) is 4.49. The largest absolute Gasteiger partial charge is 0.399 e. The third-order valence-corrected chi connectivity index (χ3v) is 3.30. The zero-order valence-corrected chi connectivity index (χ0v) is 10.2. The van der Waals surface area contributed by atoms with Crippen LogP contribution < -0.4 is 5.73 Å². The Kier molecular flexibility index (Phi) is 2.52. The number of imidazole rings is 1. The third-order valence-electron chi connectivity index (χ3n) is 3.30. The van der Waals surface area contributed by atoms with Crippen LogP contribution in [0.4, 0.5) is 5.69 Å². The van der Waals surface area contributed by atoms with E-state index in [-0.39, 0.29) is 6.04 Å². The van der Waals surface area contributed by atoms with E-state index in [9.17, 15) is 0 Å². The van der Waals surface area contributed by atoms with Gasteiger partial charge in [0.1, 0.15) is 0 Å². The Morgan fingerprint density at radius 3 is 2.67 bits per heavy atom. The van der Waals surface area contributed by atoms with Crippen LogP contribution in [0.5, 0.6) is 0 Å². The van der Waals surface area contributed by atoms with Crippen molar-refractivity contribution in [3.05, 3.63) is 60.4 Å². The lowest BCUT2D eigenvalue weighted by molar-refractivity contribution is 0.658. The minimum absolute atomic E-state index is 0.264. The van der Waals surface area contributed by atoms with Gasteiger partial charge in [0.15, 0.2) is 0 Å². The number of fused-ring (bicyclic) bond motifs is 1. The Morgan fingerprint density at radius 2 is 1.89 bits per heavy atom. The number of hydrogen-bond donors (Lipinski definition) is 1. The first-order chi connectivity index (χ1) is 8.75. The van der Waals surface area contributed by atoms with Gasteiger partial charge in [-0.2, -0.15) is 0 Å². The lowest BCUT2D eigenvalue weighted by Crippen LogP contribution is -2.05. The molecule has 3 nitrogen and oxygen atoms in total. The standard InChI is InChI=1S/C15H15N3/c1-11(12-5-3-2-4-6-12)18-10-17-14-9-13(16)7-8-15(14)18/h2-11H,16H2,1H3. The summed E-state index contributed by atoms with van der Waals surface area (Å²) in [6.45, 7) is 2.17. The van der Waals surface area contributed by atoms with Crippen LogP contribution in [0.15, 0.2) is 54.9 Å². The molecule has 0 bridgehead atoms. The highest BCUT2D eigenvalue weighted by Gasteiger charge is 2.10. The lowest BCUT2D eigenvalue weighted by atomic mass is 10.1. The molecular weight excluding hydrogens is 222 g/mol. The molecule has 0 aliphatic carbocycles. The number of rotatable bonds is 2. The highest BCUT2D eigenvalue weighted by Crippen LogP contribution is 2.24. The molecule has 3 rings (SSSR count). The molecule has 0 saturated carbocycles. The average molecular weight is 237 g/mol. The van der Waals surface area contributed by atoms with Crippen molar-refractivity contribution >= 4 is 16.7 Å². The van der Waals surface area contributed by atoms with E-state index in [1.54, 1.807) is 0 Å². The quantitative estimate of drug-likeness (QED) is 0.695. The summed E-state index contributed by atoms with van der Waals surface area (Å²) in [6, 6.07) is 16.5. The maximum Gasteiger partial charge on any atom is 0.0964 e. The van der Waals surface area contributed by atoms with Gasteiger partial charge in [0.2, 0.25) is 0 Å². The third kappa shape index (κ3) is 1.74. The fourth-order valence-corrected chi connectivity index (χ4v) is 2.25. The maximum atomic E-state index is 5.77. The van der Waals surface area contributed by atoms with Gasteiger partial charge in [-0.3, -0.25) is 0 Å². The molecule has 18 heavy (non-hydrogen) atoms. The van der Waals surface area contributed by atoms with E-state index in [1.165, 1.54) is 5.56 Å². The van der Waals surface area contributed by atoms with Crippen LogP contribution in [0.2, 0.25) is 0 Å². The zero-order valence-electron chi connectivity index (χ0n) is 10.2. The van der Waals surface area contributed by atoms with Gasteiger partial charge in [0.05, 0.1) is 23.4 Å². The van der Waals surface area contributed by atoms with Crippen LogP contribution in [-0.2, 0) is 0 Å². The van der Waals surface area contributed by atoms with Crippen LogP contribution in [0.1, 0.15) is 18.5 Å². The summed E-state index contributed by atoms with van der Waals surface area (Å²) in [7, 11) is 0. The van der Waals surface area contributed by atoms with Crippen molar-refractivity contribution in [3.63, 3.8) is 0 Å². The average Bonchev–Trinajstić information content (AvgIpc) is 2.81. The number of nitrogen functional groups attached to an aromatic ring is 1. The molecule has 2 N–H and O–H groups in total. The van der Waals surface area contributed by atoms with Gasteiger partial charge in [-0.1, -0.05) is 30.3 Å². The van der Waals surface area contributed by atoms with Crippen LogP contribution in [0.3, 0.4) is 0 Å². The summed E-state index contributed by atoms with van der Waals surface area (Å²) in [4.78, 5) is 4.41. The molecule has 3 aromatic rings. The Hall–Kier alpha value is -2.29.